The predicted octanol–water partition coefficient (Wildman–Crippen LogP) is 1.11. The van der Waals surface area contributed by atoms with Gasteiger partial charge in [0.1, 0.15) is 0 Å². The van der Waals surface area contributed by atoms with Gasteiger partial charge >= 0.3 is 0 Å². The summed E-state index contributed by atoms with van der Waals surface area (Å²) < 4.78 is 0. The number of benzene rings is 1. The van der Waals surface area contributed by atoms with Crippen LogP contribution in [0.25, 0.3) is 0 Å². The second-order valence-corrected chi connectivity index (χ2v) is 3.20. The van der Waals surface area contributed by atoms with E-state index >= 15 is 0 Å². The monoisotopic (exact) mass is 217 g/mol. The first-order valence-electron chi connectivity index (χ1n) is 4.13. The molecule has 14 heavy (non-hydrogen) atoms. The number of phenolic OH excluding ortho intramolecular Hbond substituents is 2. The third-order valence-electron chi connectivity index (χ3n) is 1.70. The number of hydrogen-bond acceptors (Lipinski definition) is 4. The molecule has 0 aliphatic carbocycles. The van der Waals surface area contributed by atoms with Gasteiger partial charge < -0.3 is 20.6 Å². The highest BCUT2D eigenvalue weighted by atomic mass is 35.5. The largest absolute Gasteiger partial charge is 0.504 e. The SMILES string of the molecule is Oc1ccc(NCC(O)CCl)cc1O. The average molecular weight is 218 g/mol. The van der Waals surface area contributed by atoms with Gasteiger partial charge in [-0.15, -0.1) is 11.6 Å². The average Bonchev–Trinajstić information content (AvgIpc) is 2.19. The van der Waals surface area contributed by atoms with Crippen LogP contribution in [-0.2, 0) is 0 Å². The molecule has 0 spiro atoms. The van der Waals surface area contributed by atoms with Gasteiger partial charge in [-0.1, -0.05) is 0 Å². The number of nitrogens with one attached hydrogen (secondary N) is 1. The van der Waals surface area contributed by atoms with Gasteiger partial charge in [0.25, 0.3) is 0 Å². The second kappa shape index (κ2) is 4.93. The van der Waals surface area contributed by atoms with E-state index < -0.39 is 6.10 Å². The van der Waals surface area contributed by atoms with Gasteiger partial charge in [0.15, 0.2) is 11.5 Å². The zero-order chi connectivity index (χ0) is 10.6. The van der Waals surface area contributed by atoms with Gasteiger partial charge in [-0.05, 0) is 12.1 Å². The number of anilines is 1. The molecule has 4 N–H and O–H groups in total. The van der Waals surface area contributed by atoms with E-state index in [0.717, 1.165) is 0 Å². The Bertz CT molecular complexity index is 306. The third-order valence-corrected chi connectivity index (χ3v) is 2.05. The van der Waals surface area contributed by atoms with Crippen molar-refractivity contribution in [2.24, 2.45) is 0 Å². The molecule has 78 valence electrons. The van der Waals surface area contributed by atoms with E-state index in [1.54, 1.807) is 6.07 Å². The van der Waals surface area contributed by atoms with Crippen molar-refractivity contribution in [2.75, 3.05) is 17.7 Å². The molecular weight excluding hydrogens is 206 g/mol. The van der Waals surface area contributed by atoms with E-state index in [2.05, 4.69) is 5.32 Å². The number of halogens is 1. The lowest BCUT2D eigenvalue weighted by Gasteiger charge is -2.10. The van der Waals surface area contributed by atoms with Crippen LogP contribution in [0.4, 0.5) is 5.69 Å². The van der Waals surface area contributed by atoms with Gasteiger partial charge in [-0.3, -0.25) is 0 Å². The zero-order valence-electron chi connectivity index (χ0n) is 7.44. The molecule has 0 radical (unpaired) electrons. The van der Waals surface area contributed by atoms with Crippen LogP contribution in [0.5, 0.6) is 11.5 Å². The van der Waals surface area contributed by atoms with Gasteiger partial charge in [0, 0.05) is 18.3 Å². The first-order chi connectivity index (χ1) is 6.63. The molecule has 0 aliphatic heterocycles. The summed E-state index contributed by atoms with van der Waals surface area (Å²) in [6.45, 7) is 0.299. The topological polar surface area (TPSA) is 72.7 Å². The maximum Gasteiger partial charge on any atom is 0.159 e. The van der Waals surface area contributed by atoms with Crippen molar-refractivity contribution < 1.29 is 15.3 Å². The van der Waals surface area contributed by atoms with Crippen LogP contribution < -0.4 is 5.32 Å². The fourth-order valence-electron chi connectivity index (χ4n) is 0.924. The first kappa shape index (κ1) is 10.9. The van der Waals surface area contributed by atoms with Crippen molar-refractivity contribution in [3.63, 3.8) is 0 Å². The summed E-state index contributed by atoms with van der Waals surface area (Å²) in [6, 6.07) is 4.33. The summed E-state index contributed by atoms with van der Waals surface area (Å²) in [5, 5.41) is 30.2. The number of alkyl halides is 1. The van der Waals surface area contributed by atoms with Gasteiger partial charge in [-0.2, -0.15) is 0 Å². The lowest BCUT2D eigenvalue weighted by molar-refractivity contribution is 0.211. The maximum absolute atomic E-state index is 9.14. The Morgan fingerprint density at radius 3 is 2.57 bits per heavy atom. The van der Waals surface area contributed by atoms with E-state index in [-0.39, 0.29) is 17.4 Å². The molecule has 0 aliphatic rings. The van der Waals surface area contributed by atoms with Gasteiger partial charge in [-0.25, -0.2) is 0 Å². The summed E-state index contributed by atoms with van der Waals surface area (Å²) in [7, 11) is 0. The van der Waals surface area contributed by atoms with E-state index in [1.807, 2.05) is 0 Å². The third kappa shape index (κ3) is 2.97. The predicted molar refractivity (Wildman–Crippen MR) is 55.0 cm³/mol. The van der Waals surface area contributed by atoms with Crippen LogP contribution in [-0.4, -0.2) is 33.8 Å². The van der Waals surface area contributed by atoms with Crippen molar-refractivity contribution >= 4 is 17.3 Å². The molecule has 1 aromatic carbocycles. The Morgan fingerprint density at radius 1 is 1.29 bits per heavy atom. The summed E-state index contributed by atoms with van der Waals surface area (Å²) in [5.74, 6) is -0.222. The standard InChI is InChI=1S/C9H12ClNO3/c10-4-7(12)5-11-6-1-2-8(13)9(14)3-6/h1-3,7,11-14H,4-5H2. The number of aromatic hydroxyl groups is 2. The molecule has 1 aromatic rings. The Kier molecular flexibility index (Phi) is 3.85. The van der Waals surface area contributed by atoms with Crippen LogP contribution >= 0.6 is 11.6 Å². The van der Waals surface area contributed by atoms with Crippen molar-refractivity contribution in [3.05, 3.63) is 18.2 Å². The zero-order valence-corrected chi connectivity index (χ0v) is 8.20. The maximum atomic E-state index is 9.14. The van der Waals surface area contributed by atoms with Gasteiger partial charge in [0.05, 0.1) is 12.0 Å². The van der Waals surface area contributed by atoms with Crippen LogP contribution in [0.2, 0.25) is 0 Å². The molecule has 1 atom stereocenters. The molecule has 0 fully saturated rings. The molecular formula is C9H12ClNO3. The fraction of sp³-hybridized carbons (Fsp3) is 0.333. The number of rotatable bonds is 4. The summed E-state index contributed by atoms with van der Waals surface area (Å²) >= 11 is 5.40. The minimum absolute atomic E-state index is 0.150. The van der Waals surface area contributed by atoms with Crippen LogP contribution in [0.3, 0.4) is 0 Å². The first-order valence-corrected chi connectivity index (χ1v) is 4.67. The van der Waals surface area contributed by atoms with Crippen LogP contribution in [0.15, 0.2) is 18.2 Å². The Hall–Kier alpha value is -1.13. The summed E-state index contributed by atoms with van der Waals surface area (Å²) in [6.07, 6.45) is -0.632. The number of hydrogen-bond donors (Lipinski definition) is 4. The lowest BCUT2D eigenvalue weighted by Crippen LogP contribution is -2.20. The van der Waals surface area contributed by atoms with E-state index in [4.69, 9.17) is 26.9 Å². The van der Waals surface area contributed by atoms with Gasteiger partial charge in [0.2, 0.25) is 0 Å². The highest BCUT2D eigenvalue weighted by Crippen LogP contribution is 2.27. The molecule has 0 saturated carbocycles. The van der Waals surface area contributed by atoms with Crippen LogP contribution in [0, 0.1) is 0 Å². The fourth-order valence-corrected chi connectivity index (χ4v) is 1.03. The van der Waals surface area contributed by atoms with Crippen LogP contribution in [0.1, 0.15) is 0 Å². The molecule has 5 heteroatoms. The number of phenols is 2. The smallest absolute Gasteiger partial charge is 0.159 e. The molecule has 0 bridgehead atoms. The quantitative estimate of drug-likeness (QED) is 0.346. The minimum atomic E-state index is -0.632. The van der Waals surface area contributed by atoms with E-state index in [0.29, 0.717) is 12.2 Å². The Labute approximate surface area is 86.8 Å². The number of aliphatic hydroxyl groups is 1. The van der Waals surface area contributed by atoms with E-state index in [1.165, 1.54) is 12.1 Å². The molecule has 1 unspecified atom stereocenters. The summed E-state index contributed by atoms with van der Waals surface area (Å²) in [4.78, 5) is 0. The molecule has 4 nitrogen and oxygen atoms in total. The molecule has 0 amide bonds. The normalized spacial score (nSPS) is 12.4. The highest BCUT2D eigenvalue weighted by molar-refractivity contribution is 6.18. The second-order valence-electron chi connectivity index (χ2n) is 2.89. The molecule has 0 heterocycles. The summed E-state index contributed by atoms with van der Waals surface area (Å²) in [5.41, 5.74) is 0.615. The van der Waals surface area contributed by atoms with Crippen molar-refractivity contribution in [3.8, 4) is 11.5 Å². The molecule has 1 rings (SSSR count). The van der Waals surface area contributed by atoms with Crippen molar-refractivity contribution in [1.29, 1.82) is 0 Å². The molecule has 0 saturated heterocycles. The van der Waals surface area contributed by atoms with E-state index in [9.17, 15) is 0 Å². The lowest BCUT2D eigenvalue weighted by atomic mass is 10.2. The van der Waals surface area contributed by atoms with Crippen molar-refractivity contribution in [1.82, 2.24) is 0 Å². The Balaban J connectivity index is 2.55. The minimum Gasteiger partial charge on any atom is -0.504 e. The van der Waals surface area contributed by atoms with Crippen molar-refractivity contribution in [2.45, 2.75) is 6.10 Å². The Morgan fingerprint density at radius 2 is 2.00 bits per heavy atom. The molecule has 0 aromatic heterocycles. The number of aliphatic hydroxyl groups excluding tert-OH is 1. The highest BCUT2D eigenvalue weighted by Gasteiger charge is 2.03.